The molecule has 0 bridgehead atoms. The first-order valence-corrected chi connectivity index (χ1v) is 37.0. The number of phosphoric acid groups is 1. The van der Waals surface area contributed by atoms with E-state index in [-0.39, 0.29) is 31.5 Å². The van der Waals surface area contributed by atoms with Gasteiger partial charge in [0.15, 0.2) is 0 Å². The van der Waals surface area contributed by atoms with Crippen LogP contribution in [0, 0.1) is 0 Å². The minimum absolute atomic E-state index is 0.0165. The van der Waals surface area contributed by atoms with Gasteiger partial charge in [-0.2, -0.15) is 0 Å². The number of likely N-dealkylation sites (N-methyl/N-ethyl adjacent to an activating group) is 1. The Balaban J connectivity index is 4.99. The van der Waals surface area contributed by atoms with Gasteiger partial charge in [0.1, 0.15) is 19.3 Å². The van der Waals surface area contributed by atoms with Crippen LogP contribution in [0.15, 0.2) is 12.2 Å². The van der Waals surface area contributed by atoms with E-state index in [9.17, 15) is 19.0 Å². The number of hydrogen-bond acceptors (Lipinski definition) is 7. The van der Waals surface area contributed by atoms with E-state index in [2.05, 4.69) is 26.1 Å². The number of allylic oxidation sites excluding steroid dienone is 1. The summed E-state index contributed by atoms with van der Waals surface area (Å²) < 4.78 is 30.4. The van der Waals surface area contributed by atoms with Crippen LogP contribution in [-0.2, 0) is 27.9 Å². The number of quaternary nitrogens is 1. The number of hydrogen-bond donors (Lipinski definition) is 1. The maximum Gasteiger partial charge on any atom is 0.306 e. The van der Waals surface area contributed by atoms with Crippen LogP contribution in [-0.4, -0.2) is 69.4 Å². The molecule has 3 unspecified atom stereocenters. The summed E-state index contributed by atoms with van der Waals surface area (Å²) in [4.78, 5) is 40.1. The first-order chi connectivity index (χ1) is 38.9. The maximum atomic E-state index is 13.6. The van der Waals surface area contributed by atoms with Gasteiger partial charge >= 0.3 is 5.97 Å². The number of unbranched alkanes of at least 4 members (excludes halogenated alkanes) is 50. The third-order valence-electron chi connectivity index (χ3n) is 16.5. The second-order valence-corrected chi connectivity index (χ2v) is 27.2. The lowest BCUT2D eigenvalue weighted by Crippen LogP contribution is -2.47. The van der Waals surface area contributed by atoms with Gasteiger partial charge in [0.2, 0.25) is 5.91 Å². The zero-order valence-electron chi connectivity index (χ0n) is 54.6. The quantitative estimate of drug-likeness (QED) is 0.0212. The fourth-order valence-electron chi connectivity index (χ4n) is 11.0. The van der Waals surface area contributed by atoms with Crippen LogP contribution in [0.1, 0.15) is 374 Å². The largest absolute Gasteiger partial charge is 0.756 e. The third kappa shape index (κ3) is 61.3. The monoisotopic (exact) mass is 1150 g/mol. The van der Waals surface area contributed by atoms with E-state index in [1.165, 1.54) is 283 Å². The number of phosphoric ester groups is 1. The predicted octanol–water partition coefficient (Wildman–Crippen LogP) is 21.7. The highest BCUT2D eigenvalue weighted by molar-refractivity contribution is 7.45. The smallest absolute Gasteiger partial charge is 0.306 e. The molecule has 0 aliphatic carbocycles. The summed E-state index contributed by atoms with van der Waals surface area (Å²) in [5.41, 5.74) is 0. The molecular weight excluding hydrogens is 1010 g/mol. The van der Waals surface area contributed by atoms with E-state index in [1.807, 2.05) is 33.3 Å². The minimum atomic E-state index is -4.69. The van der Waals surface area contributed by atoms with Crippen molar-refractivity contribution in [3.8, 4) is 0 Å². The van der Waals surface area contributed by atoms with Gasteiger partial charge in [-0.1, -0.05) is 341 Å². The van der Waals surface area contributed by atoms with E-state index in [1.54, 1.807) is 0 Å². The molecule has 9 nitrogen and oxygen atoms in total. The van der Waals surface area contributed by atoms with Gasteiger partial charge in [0, 0.05) is 12.8 Å². The molecule has 80 heavy (non-hydrogen) atoms. The average Bonchev–Trinajstić information content (AvgIpc) is 3.42. The molecule has 0 radical (unpaired) electrons. The minimum Gasteiger partial charge on any atom is -0.756 e. The lowest BCUT2D eigenvalue weighted by atomic mass is 10.0. The first kappa shape index (κ1) is 78.8. The molecular formula is C70H139N2O7P. The SMILES string of the molecule is CCCCCCCCCCCC/C=C\C(OC(=O)CCCCCCCCCCCCCCCCCCCCCCCCCCC)C(COP(=O)([O-])OCC[N+](C)(C)C)NC(=O)CCCCCCCCCCCCCCCCCCC. The van der Waals surface area contributed by atoms with Crippen molar-refractivity contribution in [3.63, 3.8) is 0 Å². The van der Waals surface area contributed by atoms with Crippen LogP contribution in [0.3, 0.4) is 0 Å². The molecule has 0 saturated heterocycles. The standard InChI is InChI=1S/C70H139N2O7P/c1-7-10-13-16-19-22-25-28-30-32-33-34-35-36-37-38-39-41-43-45-48-51-54-57-60-63-70(74)79-68(61-58-55-52-49-46-27-24-21-18-15-12-9-3)67(66-78-80(75,76)77-65-64-72(4,5)6)71-69(73)62-59-56-53-50-47-44-42-40-31-29-26-23-20-17-14-11-8-2/h58,61,67-68H,7-57,59-60,62-66H2,1-6H3,(H-,71,73,75,76)/b61-58-. The second-order valence-electron chi connectivity index (χ2n) is 25.8. The van der Waals surface area contributed by atoms with E-state index >= 15 is 0 Å². The number of carbonyl (C=O) groups excluding carboxylic acids is 2. The molecule has 0 saturated carbocycles. The molecule has 0 aromatic rings. The van der Waals surface area contributed by atoms with E-state index in [0.717, 1.165) is 57.8 Å². The summed E-state index contributed by atoms with van der Waals surface area (Å²) in [6.45, 7) is 6.92. The van der Waals surface area contributed by atoms with Crippen molar-refractivity contribution in [3.05, 3.63) is 12.2 Å². The molecule has 0 fully saturated rings. The Morgan fingerprint density at radius 3 is 1.02 bits per heavy atom. The van der Waals surface area contributed by atoms with Crippen molar-refractivity contribution in [2.45, 2.75) is 386 Å². The fourth-order valence-corrected chi connectivity index (χ4v) is 11.7. The van der Waals surface area contributed by atoms with Gasteiger partial charge in [-0.05, 0) is 31.8 Å². The van der Waals surface area contributed by atoms with Crippen molar-refractivity contribution in [2.75, 3.05) is 40.9 Å². The summed E-state index contributed by atoms with van der Waals surface area (Å²) in [5, 5.41) is 3.05. The first-order valence-electron chi connectivity index (χ1n) is 35.5. The van der Waals surface area contributed by atoms with Gasteiger partial charge < -0.3 is 28.5 Å². The molecule has 0 rings (SSSR count). The summed E-state index contributed by atoms with van der Waals surface area (Å²) in [6.07, 6.45) is 72.0. The maximum absolute atomic E-state index is 13.6. The number of nitrogens with one attached hydrogen (secondary N) is 1. The molecule has 0 aromatic heterocycles. The van der Waals surface area contributed by atoms with Crippen molar-refractivity contribution in [1.82, 2.24) is 5.32 Å². The number of amides is 1. The highest BCUT2D eigenvalue weighted by Gasteiger charge is 2.27. The summed E-state index contributed by atoms with van der Waals surface area (Å²) in [6, 6.07) is -0.880. The van der Waals surface area contributed by atoms with E-state index in [4.69, 9.17) is 13.8 Å². The van der Waals surface area contributed by atoms with Gasteiger partial charge in [-0.3, -0.25) is 14.2 Å². The Kier molecular flexibility index (Phi) is 59.9. The number of ether oxygens (including phenoxy) is 1. The molecule has 3 atom stereocenters. The lowest BCUT2D eigenvalue weighted by Gasteiger charge is -2.30. The molecule has 1 N–H and O–H groups in total. The second kappa shape index (κ2) is 60.9. The normalized spacial score (nSPS) is 13.5. The molecule has 0 aromatic carbocycles. The van der Waals surface area contributed by atoms with Crippen LogP contribution in [0.25, 0.3) is 0 Å². The van der Waals surface area contributed by atoms with Crippen LogP contribution in [0.5, 0.6) is 0 Å². The Morgan fingerprint density at radius 2 is 0.713 bits per heavy atom. The van der Waals surface area contributed by atoms with Crippen LogP contribution >= 0.6 is 7.82 Å². The zero-order chi connectivity index (χ0) is 58.6. The van der Waals surface area contributed by atoms with Gasteiger partial charge in [0.05, 0.1) is 33.8 Å². The van der Waals surface area contributed by atoms with Crippen molar-refractivity contribution in [2.24, 2.45) is 0 Å². The number of esters is 1. The molecule has 10 heteroatoms. The summed E-state index contributed by atoms with van der Waals surface area (Å²) in [5.74, 6) is -0.514. The molecule has 0 spiro atoms. The fraction of sp³-hybridized carbons (Fsp3) is 0.943. The summed E-state index contributed by atoms with van der Waals surface area (Å²) in [7, 11) is 1.21. The van der Waals surface area contributed by atoms with Crippen LogP contribution < -0.4 is 10.2 Å². The highest BCUT2D eigenvalue weighted by atomic mass is 31.2. The molecule has 0 aliphatic rings. The van der Waals surface area contributed by atoms with Crippen LogP contribution in [0.2, 0.25) is 0 Å². The van der Waals surface area contributed by atoms with Crippen molar-refractivity contribution < 1.29 is 37.3 Å². The van der Waals surface area contributed by atoms with Crippen molar-refractivity contribution >= 4 is 19.7 Å². The molecule has 0 aliphatic heterocycles. The van der Waals surface area contributed by atoms with Crippen molar-refractivity contribution in [1.29, 1.82) is 0 Å². The van der Waals surface area contributed by atoms with Gasteiger partial charge in [-0.15, -0.1) is 0 Å². The molecule has 1 amide bonds. The summed E-state index contributed by atoms with van der Waals surface area (Å²) >= 11 is 0. The third-order valence-corrected chi connectivity index (χ3v) is 17.4. The number of rotatable bonds is 66. The highest BCUT2D eigenvalue weighted by Crippen LogP contribution is 2.38. The lowest BCUT2D eigenvalue weighted by molar-refractivity contribution is -0.870. The Labute approximate surface area is 499 Å². The zero-order valence-corrected chi connectivity index (χ0v) is 55.5. The van der Waals surface area contributed by atoms with E-state index < -0.39 is 20.0 Å². The number of nitrogens with zero attached hydrogens (tertiary/aromatic N) is 1. The van der Waals surface area contributed by atoms with E-state index in [0.29, 0.717) is 17.4 Å². The predicted molar refractivity (Wildman–Crippen MR) is 344 cm³/mol. The topological polar surface area (TPSA) is 114 Å². The Bertz CT molecular complexity index is 1370. The molecule has 476 valence electrons. The Hall–Kier alpha value is -1.25. The van der Waals surface area contributed by atoms with Gasteiger partial charge in [0.25, 0.3) is 7.82 Å². The average molecular weight is 1150 g/mol. The van der Waals surface area contributed by atoms with Gasteiger partial charge in [-0.25, -0.2) is 0 Å². The van der Waals surface area contributed by atoms with Crippen LogP contribution in [0.4, 0.5) is 0 Å². The molecule has 0 heterocycles. The number of carbonyl (C=O) groups is 2. The Morgan fingerprint density at radius 1 is 0.425 bits per heavy atom.